The number of benzene rings is 1. The van der Waals surface area contributed by atoms with Crippen LogP contribution in [0.4, 0.5) is 0 Å². The maximum atomic E-state index is 6.05. The van der Waals surface area contributed by atoms with Crippen molar-refractivity contribution >= 4 is 0 Å². The standard InChI is InChI=1S/C19H31NO/c1-4-9-20-19(14-21-13-17-7-5-6-8-17)18-11-15(2)10-16(3)12-18/h10-12,17,19-20H,4-9,13-14H2,1-3H3. The summed E-state index contributed by atoms with van der Waals surface area (Å²) in [7, 11) is 0. The molecule has 1 aliphatic carbocycles. The Kier molecular flexibility index (Phi) is 6.72. The van der Waals surface area contributed by atoms with Crippen LogP contribution in [0, 0.1) is 19.8 Å². The quantitative estimate of drug-likeness (QED) is 0.758. The Morgan fingerprint density at radius 1 is 1.14 bits per heavy atom. The average Bonchev–Trinajstić information content (AvgIpc) is 2.94. The third kappa shape index (κ3) is 5.44. The van der Waals surface area contributed by atoms with Crippen molar-refractivity contribution in [3.63, 3.8) is 0 Å². The van der Waals surface area contributed by atoms with Crippen molar-refractivity contribution in [2.24, 2.45) is 5.92 Å². The summed E-state index contributed by atoms with van der Waals surface area (Å²) in [4.78, 5) is 0. The van der Waals surface area contributed by atoms with Crippen molar-refractivity contribution in [2.75, 3.05) is 19.8 Å². The van der Waals surface area contributed by atoms with Crippen LogP contribution >= 0.6 is 0 Å². The second kappa shape index (κ2) is 8.55. The summed E-state index contributed by atoms with van der Waals surface area (Å²) in [6, 6.07) is 7.14. The zero-order valence-electron chi connectivity index (χ0n) is 14.0. The molecule has 1 unspecified atom stereocenters. The molecule has 0 spiro atoms. The summed E-state index contributed by atoms with van der Waals surface area (Å²) in [6.07, 6.45) is 6.66. The van der Waals surface area contributed by atoms with Crippen LogP contribution in [0.25, 0.3) is 0 Å². The molecular formula is C19H31NO. The fraction of sp³-hybridized carbons (Fsp3) is 0.684. The lowest BCUT2D eigenvalue weighted by molar-refractivity contribution is 0.0828. The summed E-state index contributed by atoms with van der Waals surface area (Å²) in [6.45, 7) is 9.34. The van der Waals surface area contributed by atoms with E-state index in [1.165, 1.54) is 42.4 Å². The molecule has 1 aromatic carbocycles. The molecule has 118 valence electrons. The van der Waals surface area contributed by atoms with Crippen LogP contribution in [-0.2, 0) is 4.74 Å². The third-order valence-corrected chi connectivity index (χ3v) is 4.40. The molecule has 0 heterocycles. The second-order valence-corrected chi connectivity index (χ2v) is 6.62. The summed E-state index contributed by atoms with van der Waals surface area (Å²) in [5, 5.41) is 3.64. The average molecular weight is 289 g/mol. The normalized spacial score (nSPS) is 17.3. The number of hydrogen-bond donors (Lipinski definition) is 1. The molecule has 0 saturated heterocycles. The van der Waals surface area contributed by atoms with E-state index in [0.29, 0.717) is 6.04 Å². The van der Waals surface area contributed by atoms with E-state index < -0.39 is 0 Å². The fourth-order valence-electron chi connectivity index (χ4n) is 3.33. The Bertz CT molecular complexity index is 403. The van der Waals surface area contributed by atoms with Gasteiger partial charge in [-0.05, 0) is 51.1 Å². The third-order valence-electron chi connectivity index (χ3n) is 4.40. The van der Waals surface area contributed by atoms with Crippen LogP contribution in [0.3, 0.4) is 0 Å². The predicted octanol–water partition coefficient (Wildman–Crippen LogP) is 4.55. The molecule has 1 aliphatic rings. The minimum atomic E-state index is 0.324. The molecule has 1 atom stereocenters. The van der Waals surface area contributed by atoms with Gasteiger partial charge in [0.2, 0.25) is 0 Å². The van der Waals surface area contributed by atoms with Crippen LogP contribution in [-0.4, -0.2) is 19.8 Å². The summed E-state index contributed by atoms with van der Waals surface area (Å²) in [5.41, 5.74) is 4.04. The van der Waals surface area contributed by atoms with Crippen LogP contribution in [0.2, 0.25) is 0 Å². The first kappa shape index (κ1) is 16.5. The molecule has 21 heavy (non-hydrogen) atoms. The number of rotatable bonds is 8. The molecule has 0 bridgehead atoms. The lowest BCUT2D eigenvalue weighted by Gasteiger charge is -2.21. The lowest BCUT2D eigenvalue weighted by atomic mass is 10.0. The van der Waals surface area contributed by atoms with E-state index in [9.17, 15) is 0 Å². The van der Waals surface area contributed by atoms with Gasteiger partial charge >= 0.3 is 0 Å². The molecule has 1 saturated carbocycles. The van der Waals surface area contributed by atoms with Crippen molar-refractivity contribution in [2.45, 2.75) is 58.9 Å². The highest BCUT2D eigenvalue weighted by molar-refractivity contribution is 5.30. The van der Waals surface area contributed by atoms with Gasteiger partial charge < -0.3 is 10.1 Å². The SMILES string of the molecule is CCCNC(COCC1CCCC1)c1cc(C)cc(C)c1. The van der Waals surface area contributed by atoms with Crippen LogP contribution in [0.5, 0.6) is 0 Å². The van der Waals surface area contributed by atoms with Crippen LogP contribution < -0.4 is 5.32 Å². The van der Waals surface area contributed by atoms with Gasteiger partial charge in [-0.2, -0.15) is 0 Å². The molecular weight excluding hydrogens is 258 g/mol. The van der Waals surface area contributed by atoms with Gasteiger partial charge in [0.25, 0.3) is 0 Å². The lowest BCUT2D eigenvalue weighted by Crippen LogP contribution is -2.27. The first-order valence-electron chi connectivity index (χ1n) is 8.58. The summed E-state index contributed by atoms with van der Waals surface area (Å²) < 4.78 is 6.05. The summed E-state index contributed by atoms with van der Waals surface area (Å²) in [5.74, 6) is 0.802. The van der Waals surface area contributed by atoms with Gasteiger partial charge in [-0.3, -0.25) is 0 Å². The number of aryl methyl sites for hydroxylation is 2. The first-order valence-corrected chi connectivity index (χ1v) is 8.58. The topological polar surface area (TPSA) is 21.3 Å². The van der Waals surface area contributed by atoms with Gasteiger partial charge in [0.15, 0.2) is 0 Å². The van der Waals surface area contributed by atoms with Gasteiger partial charge in [0.1, 0.15) is 0 Å². The highest BCUT2D eigenvalue weighted by Crippen LogP contribution is 2.25. The summed E-state index contributed by atoms with van der Waals surface area (Å²) >= 11 is 0. The second-order valence-electron chi connectivity index (χ2n) is 6.62. The molecule has 0 radical (unpaired) electrons. The van der Waals surface area contributed by atoms with E-state index >= 15 is 0 Å². The Labute approximate surface area is 130 Å². The Hall–Kier alpha value is -0.860. The van der Waals surface area contributed by atoms with Crippen molar-refractivity contribution in [3.05, 3.63) is 34.9 Å². The van der Waals surface area contributed by atoms with E-state index in [2.05, 4.69) is 44.3 Å². The highest BCUT2D eigenvalue weighted by atomic mass is 16.5. The van der Waals surface area contributed by atoms with Crippen molar-refractivity contribution < 1.29 is 4.74 Å². The van der Waals surface area contributed by atoms with E-state index in [0.717, 1.165) is 32.1 Å². The number of nitrogens with one attached hydrogen (secondary N) is 1. The molecule has 1 aromatic rings. The molecule has 0 aliphatic heterocycles. The van der Waals surface area contributed by atoms with E-state index in [1.54, 1.807) is 0 Å². The zero-order valence-corrected chi connectivity index (χ0v) is 14.0. The maximum Gasteiger partial charge on any atom is 0.0661 e. The monoisotopic (exact) mass is 289 g/mol. The molecule has 0 aromatic heterocycles. The van der Waals surface area contributed by atoms with Gasteiger partial charge in [-0.1, -0.05) is 49.1 Å². The van der Waals surface area contributed by atoms with Crippen molar-refractivity contribution in [1.29, 1.82) is 0 Å². The van der Waals surface area contributed by atoms with Gasteiger partial charge in [0.05, 0.1) is 12.6 Å². The molecule has 2 rings (SSSR count). The molecule has 0 amide bonds. The Balaban J connectivity index is 1.92. The van der Waals surface area contributed by atoms with Gasteiger partial charge in [-0.15, -0.1) is 0 Å². The molecule has 1 fully saturated rings. The molecule has 2 nitrogen and oxygen atoms in total. The Morgan fingerprint density at radius 2 is 1.81 bits per heavy atom. The van der Waals surface area contributed by atoms with E-state index in [1.807, 2.05) is 0 Å². The largest absolute Gasteiger partial charge is 0.379 e. The van der Waals surface area contributed by atoms with Crippen LogP contribution in [0.15, 0.2) is 18.2 Å². The fourth-order valence-corrected chi connectivity index (χ4v) is 3.33. The first-order chi connectivity index (χ1) is 10.2. The van der Waals surface area contributed by atoms with E-state index in [4.69, 9.17) is 4.74 Å². The minimum absolute atomic E-state index is 0.324. The Morgan fingerprint density at radius 3 is 2.43 bits per heavy atom. The molecule has 1 N–H and O–H groups in total. The highest BCUT2D eigenvalue weighted by Gasteiger charge is 2.17. The van der Waals surface area contributed by atoms with Crippen LogP contribution in [0.1, 0.15) is 61.8 Å². The predicted molar refractivity (Wildman–Crippen MR) is 89.7 cm³/mol. The molecule has 2 heteroatoms. The van der Waals surface area contributed by atoms with Gasteiger partial charge in [0, 0.05) is 6.61 Å². The van der Waals surface area contributed by atoms with Crippen molar-refractivity contribution in [1.82, 2.24) is 5.32 Å². The number of ether oxygens (including phenoxy) is 1. The smallest absolute Gasteiger partial charge is 0.0661 e. The maximum absolute atomic E-state index is 6.05. The van der Waals surface area contributed by atoms with Gasteiger partial charge in [-0.25, -0.2) is 0 Å². The minimum Gasteiger partial charge on any atom is -0.379 e. The van der Waals surface area contributed by atoms with E-state index in [-0.39, 0.29) is 0 Å². The number of hydrogen-bond acceptors (Lipinski definition) is 2. The van der Waals surface area contributed by atoms with Crippen molar-refractivity contribution in [3.8, 4) is 0 Å². The zero-order chi connectivity index (χ0) is 15.1.